The molecule has 0 radical (unpaired) electrons. The van der Waals surface area contributed by atoms with Gasteiger partial charge in [-0.15, -0.1) is 0 Å². The number of hydrogen-bond donors (Lipinski definition) is 3. The average Bonchev–Trinajstić information content (AvgIpc) is 3.47. The first-order valence-electron chi connectivity index (χ1n) is 12.8. The van der Waals surface area contributed by atoms with Gasteiger partial charge in [0.05, 0.1) is 11.0 Å². The van der Waals surface area contributed by atoms with E-state index in [1.54, 1.807) is 38.2 Å². The molecule has 43 heavy (non-hydrogen) atoms. The first kappa shape index (κ1) is 29.4. The molecular weight excluding hydrogens is 584 g/mol. The summed E-state index contributed by atoms with van der Waals surface area (Å²) in [7, 11) is 1.60. The quantitative estimate of drug-likeness (QED) is 0.182. The molecule has 0 bridgehead atoms. The van der Waals surface area contributed by atoms with Gasteiger partial charge in [0.1, 0.15) is 23.0 Å². The number of halogens is 5. The van der Waals surface area contributed by atoms with Crippen LogP contribution in [0, 0.1) is 30.2 Å². The number of carbonyl (C=O) groups excluding carboxylic acids is 2. The predicted molar refractivity (Wildman–Crippen MR) is 159 cm³/mol. The van der Waals surface area contributed by atoms with E-state index in [0.717, 1.165) is 17.7 Å². The molecule has 6 aromatic rings. The number of nitrogens with one attached hydrogen (secondary N) is 1. The van der Waals surface area contributed by atoms with Crippen molar-refractivity contribution in [3.63, 3.8) is 0 Å². The van der Waals surface area contributed by atoms with Crippen molar-refractivity contribution in [1.82, 2.24) is 9.55 Å². The van der Waals surface area contributed by atoms with Gasteiger partial charge in [-0.05, 0) is 78.2 Å². The predicted octanol–water partition coefficient (Wildman–Crippen LogP) is 7.40. The lowest BCUT2D eigenvalue weighted by atomic mass is 10.0. The standard InChI is InChI=1S/C16H12ClFN2O.C16H11F3N2O/c1-8-12-6-11(18)7-13(9-2-4-10(17)5-3-9)15(12)20-14(8)16(19)21;1-21-14(16(20)22)6-9-4-10(17)7-11(15(9)21)8-2-3-12(18)13(19)5-8/h2-7,20H,1H3,(H2,19,21);2-7H,1H3,(H2,20,22). The van der Waals surface area contributed by atoms with Crippen molar-refractivity contribution in [2.24, 2.45) is 18.5 Å². The molecular formula is C32H23ClF4N4O2. The number of fused-ring (bicyclic) bond motifs is 2. The second-order valence-electron chi connectivity index (χ2n) is 9.84. The number of aromatic nitrogens is 2. The van der Waals surface area contributed by atoms with Crippen LogP contribution in [0.25, 0.3) is 44.1 Å². The second kappa shape index (κ2) is 11.3. The molecule has 0 aliphatic rings. The van der Waals surface area contributed by atoms with E-state index >= 15 is 0 Å². The van der Waals surface area contributed by atoms with E-state index in [4.69, 9.17) is 23.1 Å². The van der Waals surface area contributed by atoms with Crippen molar-refractivity contribution >= 4 is 45.2 Å². The monoisotopic (exact) mass is 606 g/mol. The van der Waals surface area contributed by atoms with Crippen molar-refractivity contribution in [3.8, 4) is 22.3 Å². The summed E-state index contributed by atoms with van der Waals surface area (Å²) in [5.41, 5.74) is 15.1. The van der Waals surface area contributed by atoms with E-state index in [2.05, 4.69) is 4.98 Å². The number of aromatic amines is 1. The molecule has 2 amide bonds. The summed E-state index contributed by atoms with van der Waals surface area (Å²) in [6, 6.07) is 17.1. The number of hydrogen-bond acceptors (Lipinski definition) is 2. The van der Waals surface area contributed by atoms with Crippen LogP contribution in [0.1, 0.15) is 26.5 Å². The van der Waals surface area contributed by atoms with Crippen molar-refractivity contribution < 1.29 is 27.2 Å². The van der Waals surface area contributed by atoms with Gasteiger partial charge in [-0.1, -0.05) is 29.8 Å². The number of H-pyrrole nitrogens is 1. The van der Waals surface area contributed by atoms with Crippen LogP contribution in [-0.2, 0) is 7.05 Å². The summed E-state index contributed by atoms with van der Waals surface area (Å²) >= 11 is 5.88. The fourth-order valence-corrected chi connectivity index (χ4v) is 5.21. The molecule has 0 saturated carbocycles. The molecule has 0 unspecified atom stereocenters. The average molecular weight is 607 g/mol. The zero-order chi connectivity index (χ0) is 31.2. The van der Waals surface area contributed by atoms with Crippen LogP contribution < -0.4 is 11.5 Å². The van der Waals surface area contributed by atoms with E-state index in [0.29, 0.717) is 54.8 Å². The largest absolute Gasteiger partial charge is 0.364 e. The normalized spacial score (nSPS) is 11.0. The Labute approximate surface area is 247 Å². The van der Waals surface area contributed by atoms with Crippen LogP contribution >= 0.6 is 11.6 Å². The Bertz CT molecular complexity index is 2070. The number of amides is 2. The highest BCUT2D eigenvalue weighted by atomic mass is 35.5. The number of benzene rings is 4. The molecule has 0 saturated heterocycles. The van der Waals surface area contributed by atoms with Crippen LogP contribution in [0.15, 0.2) is 72.8 Å². The highest BCUT2D eigenvalue weighted by Gasteiger charge is 2.18. The Morgan fingerprint density at radius 2 is 1.40 bits per heavy atom. The van der Waals surface area contributed by atoms with Gasteiger partial charge in [0.2, 0.25) is 0 Å². The van der Waals surface area contributed by atoms with Crippen LogP contribution in [-0.4, -0.2) is 21.4 Å². The van der Waals surface area contributed by atoms with Crippen LogP contribution in [0.5, 0.6) is 0 Å². The summed E-state index contributed by atoms with van der Waals surface area (Å²) in [6.07, 6.45) is 0. The maximum absolute atomic E-state index is 13.9. The smallest absolute Gasteiger partial charge is 0.265 e. The molecule has 11 heteroatoms. The van der Waals surface area contributed by atoms with Crippen LogP contribution in [0.2, 0.25) is 5.02 Å². The Morgan fingerprint density at radius 1 is 0.767 bits per heavy atom. The number of carbonyl (C=O) groups is 2. The highest BCUT2D eigenvalue weighted by Crippen LogP contribution is 2.34. The highest BCUT2D eigenvalue weighted by molar-refractivity contribution is 6.30. The van der Waals surface area contributed by atoms with Gasteiger partial charge in [-0.2, -0.15) is 0 Å². The van der Waals surface area contributed by atoms with E-state index in [1.165, 1.54) is 41.0 Å². The van der Waals surface area contributed by atoms with Gasteiger partial charge in [0, 0.05) is 34.0 Å². The summed E-state index contributed by atoms with van der Waals surface area (Å²) in [4.78, 5) is 25.9. The fourth-order valence-electron chi connectivity index (χ4n) is 5.08. The molecule has 2 aromatic heterocycles. The fraction of sp³-hybridized carbons (Fsp3) is 0.0625. The summed E-state index contributed by atoms with van der Waals surface area (Å²) in [6.45, 7) is 1.74. The molecule has 0 atom stereocenters. The molecule has 0 aliphatic heterocycles. The van der Waals surface area contributed by atoms with Crippen molar-refractivity contribution in [2.75, 3.05) is 0 Å². The molecule has 0 spiro atoms. The van der Waals surface area contributed by atoms with Crippen molar-refractivity contribution in [1.29, 1.82) is 0 Å². The topological polar surface area (TPSA) is 107 Å². The number of rotatable bonds is 4. The molecule has 6 nitrogen and oxygen atoms in total. The third-order valence-electron chi connectivity index (χ3n) is 7.11. The van der Waals surface area contributed by atoms with Gasteiger partial charge >= 0.3 is 0 Å². The number of aryl methyl sites for hydroxylation is 2. The summed E-state index contributed by atoms with van der Waals surface area (Å²) in [5, 5.41) is 1.71. The first-order chi connectivity index (χ1) is 20.3. The van der Waals surface area contributed by atoms with Gasteiger partial charge in [0.25, 0.3) is 11.8 Å². The summed E-state index contributed by atoms with van der Waals surface area (Å²) in [5.74, 6) is -4.15. The Morgan fingerprint density at radius 3 is 2.02 bits per heavy atom. The van der Waals surface area contributed by atoms with E-state index < -0.39 is 29.3 Å². The second-order valence-corrected chi connectivity index (χ2v) is 10.3. The minimum absolute atomic E-state index is 0.199. The lowest BCUT2D eigenvalue weighted by Crippen LogP contribution is -2.15. The van der Waals surface area contributed by atoms with Crippen LogP contribution in [0.3, 0.4) is 0 Å². The zero-order valence-corrected chi connectivity index (χ0v) is 23.5. The Balaban J connectivity index is 0.000000171. The Kier molecular flexibility index (Phi) is 7.72. The number of primary amides is 2. The third-order valence-corrected chi connectivity index (χ3v) is 7.36. The lowest BCUT2D eigenvalue weighted by molar-refractivity contribution is 0.0986. The molecule has 0 fully saturated rings. The zero-order valence-electron chi connectivity index (χ0n) is 22.7. The molecule has 5 N–H and O–H groups in total. The van der Waals surface area contributed by atoms with Crippen molar-refractivity contribution in [2.45, 2.75) is 6.92 Å². The van der Waals surface area contributed by atoms with Gasteiger partial charge in [-0.25, -0.2) is 17.6 Å². The SMILES string of the molecule is Cc1c(C(N)=O)[nH]c2c(-c3ccc(Cl)cc3)cc(F)cc12.Cn1c(C(N)=O)cc2cc(F)cc(-c3ccc(F)c(F)c3)c21. The Hall–Kier alpha value is -5.09. The van der Waals surface area contributed by atoms with Gasteiger partial charge < -0.3 is 21.0 Å². The minimum atomic E-state index is -1.03. The molecule has 2 heterocycles. The van der Waals surface area contributed by atoms with E-state index in [9.17, 15) is 27.2 Å². The van der Waals surface area contributed by atoms with Gasteiger partial charge in [-0.3, -0.25) is 9.59 Å². The van der Waals surface area contributed by atoms with E-state index in [1.807, 2.05) is 0 Å². The first-order valence-corrected chi connectivity index (χ1v) is 13.1. The maximum Gasteiger partial charge on any atom is 0.265 e. The molecule has 0 aliphatic carbocycles. The van der Waals surface area contributed by atoms with E-state index in [-0.39, 0.29) is 11.5 Å². The molecule has 218 valence electrons. The lowest BCUT2D eigenvalue weighted by Gasteiger charge is -2.08. The molecule has 4 aromatic carbocycles. The van der Waals surface area contributed by atoms with Gasteiger partial charge in [0.15, 0.2) is 11.6 Å². The molecule has 6 rings (SSSR count). The maximum atomic E-state index is 13.9. The van der Waals surface area contributed by atoms with Crippen molar-refractivity contribution in [3.05, 3.63) is 118 Å². The number of nitrogens with zero attached hydrogens (tertiary/aromatic N) is 1. The third kappa shape index (κ3) is 5.56. The summed E-state index contributed by atoms with van der Waals surface area (Å²) < 4.78 is 55.7. The minimum Gasteiger partial charge on any atom is -0.364 e. The van der Waals surface area contributed by atoms with Crippen LogP contribution in [0.4, 0.5) is 17.6 Å². The number of nitrogens with two attached hydrogens (primary N) is 2.